The van der Waals surface area contributed by atoms with Crippen LogP contribution in [-0.4, -0.2) is 55.0 Å². The van der Waals surface area contributed by atoms with Crippen LogP contribution in [0.5, 0.6) is 0 Å². The van der Waals surface area contributed by atoms with Crippen LogP contribution in [0.4, 0.5) is 0 Å². The molecule has 0 aromatic rings. The second-order valence-electron chi connectivity index (χ2n) is 8.47. The van der Waals surface area contributed by atoms with E-state index in [1.165, 1.54) is 0 Å². The highest BCUT2D eigenvalue weighted by Gasteiger charge is 2.04. The van der Waals surface area contributed by atoms with Crippen molar-refractivity contribution in [3.63, 3.8) is 0 Å². The Morgan fingerprint density at radius 2 is 0.818 bits per heavy atom. The number of nitrogens with one attached hydrogen (secondary N) is 3. The average molecular weight is 471 g/mol. The Hall–Kier alpha value is -2.16. The smallest absolute Gasteiger partial charge is 0.303 e. The van der Waals surface area contributed by atoms with E-state index in [0.717, 1.165) is 70.6 Å². The van der Waals surface area contributed by atoms with Crippen molar-refractivity contribution < 1.29 is 24.3 Å². The van der Waals surface area contributed by atoms with Gasteiger partial charge in [-0.15, -0.1) is 0 Å². The Kier molecular flexibility index (Phi) is 21.5. The number of rotatable bonds is 23. The van der Waals surface area contributed by atoms with Crippen LogP contribution >= 0.6 is 0 Å². The van der Waals surface area contributed by atoms with Gasteiger partial charge >= 0.3 is 5.97 Å². The normalized spacial score (nSPS) is 10.6. The summed E-state index contributed by atoms with van der Waals surface area (Å²) < 4.78 is 0. The van der Waals surface area contributed by atoms with Crippen molar-refractivity contribution in [1.82, 2.24) is 16.0 Å². The maximum Gasteiger partial charge on any atom is 0.303 e. The Morgan fingerprint density at radius 1 is 0.485 bits per heavy atom. The first-order valence-corrected chi connectivity index (χ1v) is 12.7. The lowest BCUT2D eigenvalue weighted by Gasteiger charge is -2.07. The van der Waals surface area contributed by atoms with Gasteiger partial charge in [0, 0.05) is 45.3 Å². The van der Waals surface area contributed by atoms with E-state index in [2.05, 4.69) is 16.0 Å². The summed E-state index contributed by atoms with van der Waals surface area (Å²) in [5.41, 5.74) is 5.43. The Morgan fingerprint density at radius 3 is 1.15 bits per heavy atom. The van der Waals surface area contributed by atoms with Gasteiger partial charge in [0.05, 0.1) is 0 Å². The zero-order valence-corrected chi connectivity index (χ0v) is 20.3. The molecule has 9 heteroatoms. The summed E-state index contributed by atoms with van der Waals surface area (Å²) in [4.78, 5) is 45.6. The van der Waals surface area contributed by atoms with Crippen molar-refractivity contribution in [1.29, 1.82) is 0 Å². The Labute approximate surface area is 199 Å². The van der Waals surface area contributed by atoms with E-state index in [9.17, 15) is 19.2 Å². The highest BCUT2D eigenvalue weighted by atomic mass is 16.4. The number of carboxylic acids is 1. The zero-order chi connectivity index (χ0) is 24.6. The summed E-state index contributed by atoms with van der Waals surface area (Å²) >= 11 is 0. The summed E-state index contributed by atoms with van der Waals surface area (Å²) in [7, 11) is 0. The van der Waals surface area contributed by atoms with Gasteiger partial charge in [0.2, 0.25) is 17.7 Å². The molecule has 0 atom stereocenters. The van der Waals surface area contributed by atoms with Crippen LogP contribution in [0, 0.1) is 0 Å². The summed E-state index contributed by atoms with van der Waals surface area (Å²) in [5.74, 6) is -0.604. The molecule has 0 heterocycles. The molecule has 0 radical (unpaired) electrons. The van der Waals surface area contributed by atoms with Gasteiger partial charge in [-0.05, 0) is 57.9 Å². The summed E-state index contributed by atoms with van der Waals surface area (Å²) in [6.07, 6.45) is 12.0. The number of carbonyl (C=O) groups is 4. The molecule has 0 aliphatic carbocycles. The van der Waals surface area contributed by atoms with E-state index >= 15 is 0 Å². The maximum absolute atomic E-state index is 11.8. The number of aliphatic carboxylic acids is 1. The predicted molar refractivity (Wildman–Crippen MR) is 130 cm³/mol. The molecule has 9 nitrogen and oxygen atoms in total. The summed E-state index contributed by atoms with van der Waals surface area (Å²) in [6, 6.07) is 0. The lowest BCUT2D eigenvalue weighted by Crippen LogP contribution is -2.25. The van der Waals surface area contributed by atoms with E-state index in [1.807, 2.05) is 0 Å². The minimum atomic E-state index is -0.780. The Bertz CT molecular complexity index is 543. The molecule has 3 amide bonds. The molecule has 0 unspecified atom stereocenters. The number of hydrogen-bond donors (Lipinski definition) is 5. The molecule has 0 saturated carbocycles. The van der Waals surface area contributed by atoms with Gasteiger partial charge in [-0.1, -0.05) is 25.7 Å². The molecule has 0 aliphatic heterocycles. The number of carbonyl (C=O) groups excluding carboxylic acids is 3. The molecule has 0 saturated heterocycles. The lowest BCUT2D eigenvalue weighted by molar-refractivity contribution is -0.137. The van der Waals surface area contributed by atoms with Crippen molar-refractivity contribution in [3.8, 4) is 0 Å². The first-order chi connectivity index (χ1) is 16.0. The van der Waals surface area contributed by atoms with Crippen LogP contribution in [0.3, 0.4) is 0 Å². The van der Waals surface area contributed by atoms with Crippen LogP contribution in [0.15, 0.2) is 0 Å². The monoisotopic (exact) mass is 470 g/mol. The quantitative estimate of drug-likeness (QED) is 0.145. The SMILES string of the molecule is NCCCCCC(=O)NCCCCCC(=O)NCCCCCC(=O)NCCCCCC(=O)O. The largest absolute Gasteiger partial charge is 0.481 e. The van der Waals surface area contributed by atoms with Gasteiger partial charge in [-0.25, -0.2) is 0 Å². The molecule has 6 N–H and O–H groups in total. The fourth-order valence-electron chi connectivity index (χ4n) is 3.31. The molecular weight excluding hydrogens is 424 g/mol. The fourth-order valence-corrected chi connectivity index (χ4v) is 3.31. The van der Waals surface area contributed by atoms with Gasteiger partial charge in [-0.2, -0.15) is 0 Å². The van der Waals surface area contributed by atoms with Crippen molar-refractivity contribution in [2.45, 2.75) is 103 Å². The van der Waals surface area contributed by atoms with Crippen LogP contribution in [0.25, 0.3) is 0 Å². The third kappa shape index (κ3) is 24.3. The van der Waals surface area contributed by atoms with Gasteiger partial charge in [-0.3, -0.25) is 19.2 Å². The van der Waals surface area contributed by atoms with E-state index in [-0.39, 0.29) is 24.1 Å². The van der Waals surface area contributed by atoms with E-state index in [1.54, 1.807) is 0 Å². The van der Waals surface area contributed by atoms with Crippen LogP contribution in [0.1, 0.15) is 103 Å². The number of amides is 3. The minimum Gasteiger partial charge on any atom is -0.481 e. The molecule has 0 spiro atoms. The zero-order valence-electron chi connectivity index (χ0n) is 20.3. The lowest BCUT2D eigenvalue weighted by atomic mass is 10.1. The topological polar surface area (TPSA) is 151 Å². The minimum absolute atomic E-state index is 0.0278. The fraction of sp³-hybridized carbons (Fsp3) is 0.833. The van der Waals surface area contributed by atoms with Gasteiger partial charge in [0.25, 0.3) is 0 Å². The highest BCUT2D eigenvalue weighted by molar-refractivity contribution is 5.76. The molecule has 0 bridgehead atoms. The number of unbranched alkanes of at least 4 members (excludes halogenated alkanes) is 8. The van der Waals surface area contributed by atoms with Crippen molar-refractivity contribution in [3.05, 3.63) is 0 Å². The first-order valence-electron chi connectivity index (χ1n) is 12.7. The maximum atomic E-state index is 11.8. The van der Waals surface area contributed by atoms with Crippen molar-refractivity contribution in [2.75, 3.05) is 26.2 Å². The standard InChI is InChI=1S/C24H46N4O5/c25-17-9-1-5-13-21(29)26-18-10-2-6-14-22(30)27-19-11-3-7-15-23(31)28-20-12-4-8-16-24(32)33/h1-20,25H2,(H,26,29)(H,27,30)(H,28,31)(H,32,33). The van der Waals surface area contributed by atoms with Crippen LogP contribution < -0.4 is 21.7 Å². The van der Waals surface area contributed by atoms with E-state index in [0.29, 0.717) is 51.9 Å². The molecule has 0 aliphatic rings. The third-order valence-corrected chi connectivity index (χ3v) is 5.30. The molecule has 0 aromatic carbocycles. The number of hydrogen-bond acceptors (Lipinski definition) is 5. The van der Waals surface area contributed by atoms with Gasteiger partial charge in [0.15, 0.2) is 0 Å². The molecule has 192 valence electrons. The van der Waals surface area contributed by atoms with Crippen LogP contribution in [-0.2, 0) is 19.2 Å². The molecule has 33 heavy (non-hydrogen) atoms. The van der Waals surface area contributed by atoms with Gasteiger partial charge in [0.1, 0.15) is 0 Å². The molecule has 0 aromatic heterocycles. The first kappa shape index (κ1) is 30.8. The summed E-state index contributed by atoms with van der Waals surface area (Å²) in [5, 5.41) is 17.2. The second-order valence-corrected chi connectivity index (χ2v) is 8.47. The third-order valence-electron chi connectivity index (χ3n) is 5.30. The molecular formula is C24H46N4O5. The summed E-state index contributed by atoms with van der Waals surface area (Å²) in [6.45, 7) is 2.56. The van der Waals surface area contributed by atoms with E-state index in [4.69, 9.17) is 10.8 Å². The average Bonchev–Trinajstić information content (AvgIpc) is 2.78. The Balaban J connectivity index is 3.38. The number of nitrogens with two attached hydrogens (primary N) is 1. The van der Waals surface area contributed by atoms with Crippen molar-refractivity contribution >= 4 is 23.7 Å². The van der Waals surface area contributed by atoms with Crippen molar-refractivity contribution in [2.24, 2.45) is 5.73 Å². The van der Waals surface area contributed by atoms with E-state index < -0.39 is 5.97 Å². The number of carboxylic acid groups (broad SMARTS) is 1. The molecule has 0 fully saturated rings. The van der Waals surface area contributed by atoms with Crippen LogP contribution in [0.2, 0.25) is 0 Å². The highest BCUT2D eigenvalue weighted by Crippen LogP contribution is 2.03. The van der Waals surface area contributed by atoms with Gasteiger partial charge < -0.3 is 26.8 Å². The predicted octanol–water partition coefficient (Wildman–Crippen LogP) is 2.62. The second kappa shape index (κ2) is 23.0. The molecule has 0 rings (SSSR count).